The topological polar surface area (TPSA) is 61.6 Å². The molecular weight excluding hydrogens is 521 g/mol. The lowest BCUT2D eigenvalue weighted by molar-refractivity contribution is 0.173. The molecule has 4 rings (SSSR count). The molecule has 0 bridgehead atoms. The molecular formula is C22H36IN7S. The summed E-state index contributed by atoms with van der Waals surface area (Å²) in [4.78, 5) is 11.3. The van der Waals surface area contributed by atoms with Gasteiger partial charge in [0.25, 0.3) is 0 Å². The fourth-order valence-corrected chi connectivity index (χ4v) is 5.07. The Hall–Kier alpha value is -1.20. The van der Waals surface area contributed by atoms with Gasteiger partial charge in [0, 0.05) is 70.1 Å². The van der Waals surface area contributed by atoms with Gasteiger partial charge >= 0.3 is 0 Å². The maximum atomic E-state index is 4.93. The van der Waals surface area contributed by atoms with Crippen molar-refractivity contribution in [3.8, 4) is 0 Å². The molecule has 2 aromatic rings. The Morgan fingerprint density at radius 3 is 2.77 bits per heavy atom. The molecule has 2 aliphatic heterocycles. The standard InChI is InChI=1S/C22H35N7S.HI/c1-2-23-22(28-15-13-27(14-16-28)18-19-8-7-17-30-19)24-11-6-10-21-26-25-20-9-4-3-5-12-29(20)21;/h7-8,17H,2-6,9-16,18H2,1H3,(H,23,24);1H. The Balaban J connectivity index is 0.00000272. The third-order valence-electron chi connectivity index (χ3n) is 5.97. The second-order valence-corrected chi connectivity index (χ2v) is 9.21. The predicted octanol–water partition coefficient (Wildman–Crippen LogP) is 3.40. The summed E-state index contributed by atoms with van der Waals surface area (Å²) in [6.45, 7) is 10.3. The maximum Gasteiger partial charge on any atom is 0.194 e. The van der Waals surface area contributed by atoms with Crippen molar-refractivity contribution in [1.29, 1.82) is 0 Å². The van der Waals surface area contributed by atoms with Crippen LogP contribution in [0.3, 0.4) is 0 Å². The van der Waals surface area contributed by atoms with E-state index in [-0.39, 0.29) is 24.0 Å². The van der Waals surface area contributed by atoms with Crippen LogP contribution >= 0.6 is 35.3 Å². The molecule has 1 N–H and O–H groups in total. The lowest BCUT2D eigenvalue weighted by Crippen LogP contribution is -2.52. The molecule has 0 unspecified atom stereocenters. The van der Waals surface area contributed by atoms with Gasteiger partial charge in [-0.3, -0.25) is 9.89 Å². The van der Waals surface area contributed by atoms with E-state index in [1.54, 1.807) is 0 Å². The third-order valence-corrected chi connectivity index (χ3v) is 6.83. The van der Waals surface area contributed by atoms with Crippen molar-refractivity contribution >= 4 is 41.3 Å². The van der Waals surface area contributed by atoms with E-state index in [1.807, 2.05) is 11.3 Å². The first kappa shape index (κ1) is 24.4. The third kappa shape index (κ3) is 6.89. The summed E-state index contributed by atoms with van der Waals surface area (Å²) in [5.74, 6) is 3.39. The van der Waals surface area contributed by atoms with Crippen LogP contribution in [0.2, 0.25) is 0 Å². The number of rotatable bonds is 7. The molecule has 0 spiro atoms. The molecule has 0 radical (unpaired) electrons. The number of hydrogen-bond donors (Lipinski definition) is 1. The van der Waals surface area contributed by atoms with Crippen molar-refractivity contribution in [3.05, 3.63) is 34.0 Å². The van der Waals surface area contributed by atoms with E-state index < -0.39 is 0 Å². The number of halogens is 1. The Morgan fingerprint density at radius 2 is 2.00 bits per heavy atom. The van der Waals surface area contributed by atoms with E-state index >= 15 is 0 Å². The van der Waals surface area contributed by atoms with E-state index in [1.165, 1.54) is 30.0 Å². The van der Waals surface area contributed by atoms with Gasteiger partial charge in [0.15, 0.2) is 5.96 Å². The zero-order valence-corrected chi connectivity index (χ0v) is 21.8. The van der Waals surface area contributed by atoms with Gasteiger partial charge in [-0.15, -0.1) is 45.5 Å². The molecule has 31 heavy (non-hydrogen) atoms. The second kappa shape index (κ2) is 12.7. The Kier molecular flexibility index (Phi) is 10.0. The monoisotopic (exact) mass is 557 g/mol. The molecule has 2 aliphatic rings. The lowest BCUT2D eigenvalue weighted by Gasteiger charge is -2.36. The summed E-state index contributed by atoms with van der Waals surface area (Å²) in [5.41, 5.74) is 0. The number of nitrogens with one attached hydrogen (secondary N) is 1. The first-order valence-electron chi connectivity index (χ1n) is 11.5. The van der Waals surface area contributed by atoms with Crippen LogP contribution < -0.4 is 5.32 Å². The number of nitrogens with zero attached hydrogens (tertiary/aromatic N) is 6. The summed E-state index contributed by atoms with van der Waals surface area (Å²) in [6.07, 6.45) is 6.86. The number of aliphatic imine (C=N–C) groups is 1. The smallest absolute Gasteiger partial charge is 0.194 e. The van der Waals surface area contributed by atoms with Gasteiger partial charge < -0.3 is 14.8 Å². The number of aryl methyl sites for hydroxylation is 2. The number of piperazine rings is 1. The molecule has 7 nitrogen and oxygen atoms in total. The molecule has 2 aromatic heterocycles. The zero-order valence-electron chi connectivity index (χ0n) is 18.6. The van der Waals surface area contributed by atoms with Gasteiger partial charge in [-0.25, -0.2) is 0 Å². The van der Waals surface area contributed by atoms with Gasteiger partial charge in [0.05, 0.1) is 0 Å². The second-order valence-electron chi connectivity index (χ2n) is 8.18. The molecule has 0 saturated carbocycles. The van der Waals surface area contributed by atoms with Crippen LogP contribution in [-0.2, 0) is 25.9 Å². The van der Waals surface area contributed by atoms with Gasteiger partial charge in [-0.1, -0.05) is 12.5 Å². The molecule has 0 amide bonds. The number of fused-ring (bicyclic) bond motifs is 1. The van der Waals surface area contributed by atoms with Crippen molar-refractivity contribution < 1.29 is 0 Å². The highest BCUT2D eigenvalue weighted by atomic mass is 127. The van der Waals surface area contributed by atoms with Crippen LogP contribution in [-0.4, -0.2) is 69.8 Å². The van der Waals surface area contributed by atoms with Crippen LogP contribution in [0.15, 0.2) is 22.5 Å². The number of aromatic nitrogens is 3. The minimum atomic E-state index is 0. The summed E-state index contributed by atoms with van der Waals surface area (Å²) >= 11 is 1.85. The molecule has 172 valence electrons. The number of thiophene rings is 1. The average molecular weight is 558 g/mol. The van der Waals surface area contributed by atoms with Crippen molar-refractivity contribution in [1.82, 2.24) is 29.9 Å². The van der Waals surface area contributed by atoms with E-state index in [9.17, 15) is 0 Å². The van der Waals surface area contributed by atoms with Crippen molar-refractivity contribution in [3.63, 3.8) is 0 Å². The molecule has 0 aliphatic carbocycles. The van der Waals surface area contributed by atoms with Gasteiger partial charge in [0.2, 0.25) is 0 Å². The summed E-state index contributed by atoms with van der Waals surface area (Å²) in [6, 6.07) is 4.37. The molecule has 1 fully saturated rings. The highest BCUT2D eigenvalue weighted by molar-refractivity contribution is 14.0. The van der Waals surface area contributed by atoms with Gasteiger partial charge in [0.1, 0.15) is 11.6 Å². The Morgan fingerprint density at radius 1 is 1.13 bits per heavy atom. The summed E-state index contributed by atoms with van der Waals surface area (Å²) in [7, 11) is 0. The zero-order chi connectivity index (χ0) is 20.6. The Bertz CT molecular complexity index is 797. The maximum absolute atomic E-state index is 4.93. The quantitative estimate of drug-likeness (QED) is 0.245. The van der Waals surface area contributed by atoms with E-state index in [0.717, 1.165) is 83.4 Å². The van der Waals surface area contributed by atoms with Crippen LogP contribution in [0.25, 0.3) is 0 Å². The van der Waals surface area contributed by atoms with Gasteiger partial charge in [-0.2, -0.15) is 0 Å². The minimum Gasteiger partial charge on any atom is -0.357 e. The predicted molar refractivity (Wildman–Crippen MR) is 138 cm³/mol. The van der Waals surface area contributed by atoms with Gasteiger partial charge in [-0.05, 0) is 37.6 Å². The summed E-state index contributed by atoms with van der Waals surface area (Å²) < 4.78 is 2.36. The molecule has 4 heterocycles. The number of guanidine groups is 1. The highest BCUT2D eigenvalue weighted by Gasteiger charge is 2.20. The van der Waals surface area contributed by atoms with E-state index in [0.29, 0.717) is 0 Å². The molecule has 1 saturated heterocycles. The SMILES string of the molecule is CCNC(=NCCCc1nnc2n1CCCCC2)N1CCN(Cc2cccs2)CC1.I. The van der Waals surface area contributed by atoms with Crippen molar-refractivity contribution in [2.45, 2.75) is 58.5 Å². The van der Waals surface area contributed by atoms with Crippen LogP contribution in [0, 0.1) is 0 Å². The normalized spacial score (nSPS) is 17.7. The fraction of sp³-hybridized carbons (Fsp3) is 0.682. The molecule has 0 aromatic carbocycles. The lowest BCUT2D eigenvalue weighted by atomic mass is 10.2. The highest BCUT2D eigenvalue weighted by Crippen LogP contribution is 2.16. The first-order chi connectivity index (χ1) is 14.8. The minimum absolute atomic E-state index is 0. The average Bonchev–Trinajstić information content (AvgIpc) is 3.35. The van der Waals surface area contributed by atoms with Crippen LogP contribution in [0.5, 0.6) is 0 Å². The van der Waals surface area contributed by atoms with Crippen LogP contribution in [0.1, 0.15) is 49.1 Å². The fourth-order valence-electron chi connectivity index (χ4n) is 4.32. The Labute approximate surface area is 207 Å². The van der Waals surface area contributed by atoms with E-state index in [4.69, 9.17) is 4.99 Å². The molecule has 0 atom stereocenters. The van der Waals surface area contributed by atoms with Crippen molar-refractivity contribution in [2.24, 2.45) is 4.99 Å². The van der Waals surface area contributed by atoms with Crippen LogP contribution in [0.4, 0.5) is 0 Å². The first-order valence-corrected chi connectivity index (χ1v) is 12.4. The largest absolute Gasteiger partial charge is 0.357 e. The summed E-state index contributed by atoms with van der Waals surface area (Å²) in [5, 5.41) is 14.5. The molecule has 9 heteroatoms. The van der Waals surface area contributed by atoms with E-state index in [2.05, 4.69) is 54.3 Å². The number of hydrogen-bond acceptors (Lipinski definition) is 5. The van der Waals surface area contributed by atoms with Crippen molar-refractivity contribution in [2.75, 3.05) is 39.3 Å².